The molecule has 2 rings (SSSR count). The molecule has 0 bridgehead atoms. The number of nitrogens with one attached hydrogen (secondary N) is 1. The fraction of sp³-hybridized carbons (Fsp3) is 0.588. The molecule has 3 nitrogen and oxygen atoms in total. The molecule has 1 fully saturated rings. The van der Waals surface area contributed by atoms with Crippen LogP contribution in [0.5, 0.6) is 0 Å². The van der Waals surface area contributed by atoms with Crippen molar-refractivity contribution in [2.75, 3.05) is 13.1 Å². The summed E-state index contributed by atoms with van der Waals surface area (Å²) in [5.41, 5.74) is -1.19. The van der Waals surface area contributed by atoms with Crippen LogP contribution in [0.15, 0.2) is 18.2 Å². The zero-order valence-electron chi connectivity index (χ0n) is 13.6. The summed E-state index contributed by atoms with van der Waals surface area (Å²) in [7, 11) is 0. The molecular formula is C17H22F4N2O. The number of hydrogen-bond acceptors (Lipinski definition) is 2. The first kappa shape index (κ1) is 18.7. The molecule has 0 aliphatic heterocycles. The Morgan fingerprint density at radius 1 is 1.29 bits per heavy atom. The first-order valence-electron chi connectivity index (χ1n) is 8.17. The van der Waals surface area contributed by atoms with Crippen LogP contribution in [0.4, 0.5) is 17.6 Å². The average molecular weight is 346 g/mol. The third-order valence-corrected chi connectivity index (χ3v) is 4.45. The van der Waals surface area contributed by atoms with E-state index in [-0.39, 0.29) is 24.6 Å². The molecule has 0 aromatic heterocycles. The van der Waals surface area contributed by atoms with Gasteiger partial charge in [-0.1, -0.05) is 25.8 Å². The summed E-state index contributed by atoms with van der Waals surface area (Å²) in [6, 6.07) is 2.86. The highest BCUT2D eigenvalue weighted by Gasteiger charge is 2.33. The molecule has 24 heavy (non-hydrogen) atoms. The number of carbonyl (C=O) groups is 1. The van der Waals surface area contributed by atoms with Crippen molar-refractivity contribution in [3.8, 4) is 0 Å². The van der Waals surface area contributed by atoms with E-state index in [1.807, 2.05) is 6.92 Å². The number of rotatable bonds is 6. The van der Waals surface area contributed by atoms with Crippen molar-refractivity contribution in [1.82, 2.24) is 10.2 Å². The molecule has 1 saturated carbocycles. The van der Waals surface area contributed by atoms with Crippen molar-refractivity contribution in [3.63, 3.8) is 0 Å². The maximum Gasteiger partial charge on any atom is 0.416 e. The van der Waals surface area contributed by atoms with Gasteiger partial charge in [-0.25, -0.2) is 4.39 Å². The molecule has 1 aliphatic carbocycles. The van der Waals surface area contributed by atoms with Gasteiger partial charge in [-0.15, -0.1) is 0 Å². The fourth-order valence-corrected chi connectivity index (χ4v) is 3.17. The summed E-state index contributed by atoms with van der Waals surface area (Å²) in [6.07, 6.45) is -0.253. The minimum atomic E-state index is -4.65. The lowest BCUT2D eigenvalue weighted by Crippen LogP contribution is -2.41. The van der Waals surface area contributed by atoms with Gasteiger partial charge >= 0.3 is 6.18 Å². The molecule has 0 unspecified atom stereocenters. The van der Waals surface area contributed by atoms with Crippen molar-refractivity contribution < 1.29 is 22.4 Å². The van der Waals surface area contributed by atoms with Gasteiger partial charge in [0.15, 0.2) is 0 Å². The summed E-state index contributed by atoms with van der Waals surface area (Å²) < 4.78 is 51.9. The van der Waals surface area contributed by atoms with Gasteiger partial charge in [0.2, 0.25) is 5.91 Å². The maximum atomic E-state index is 13.1. The van der Waals surface area contributed by atoms with Gasteiger partial charge in [-0.05, 0) is 37.1 Å². The van der Waals surface area contributed by atoms with Crippen molar-refractivity contribution in [1.29, 1.82) is 0 Å². The predicted molar refractivity (Wildman–Crippen MR) is 82.8 cm³/mol. The van der Waals surface area contributed by atoms with Crippen LogP contribution in [0, 0.1) is 5.82 Å². The second kappa shape index (κ2) is 7.96. The molecule has 1 N–H and O–H groups in total. The Bertz CT molecular complexity index is 568. The highest BCUT2D eigenvalue weighted by molar-refractivity contribution is 5.78. The normalized spacial score (nSPS) is 15.9. The zero-order chi connectivity index (χ0) is 17.7. The monoisotopic (exact) mass is 346 g/mol. The van der Waals surface area contributed by atoms with Crippen LogP contribution in [0.3, 0.4) is 0 Å². The Labute approximate surface area is 139 Å². The SMILES string of the molecule is CCN(CC(=O)NCc1ccc(F)cc1C(F)(F)F)C1CCCC1. The van der Waals surface area contributed by atoms with Crippen LogP contribution in [0.1, 0.15) is 43.7 Å². The van der Waals surface area contributed by atoms with Gasteiger partial charge in [-0.3, -0.25) is 9.69 Å². The van der Waals surface area contributed by atoms with Crippen molar-refractivity contribution in [3.05, 3.63) is 35.1 Å². The Kier molecular flexibility index (Phi) is 6.21. The van der Waals surface area contributed by atoms with Crippen molar-refractivity contribution >= 4 is 5.91 Å². The lowest BCUT2D eigenvalue weighted by Gasteiger charge is -2.26. The Morgan fingerprint density at radius 2 is 1.96 bits per heavy atom. The smallest absolute Gasteiger partial charge is 0.351 e. The van der Waals surface area contributed by atoms with Crippen LogP contribution in [0.25, 0.3) is 0 Å². The molecule has 1 aromatic rings. The molecule has 7 heteroatoms. The molecule has 1 aromatic carbocycles. The number of benzene rings is 1. The van der Waals surface area contributed by atoms with E-state index in [4.69, 9.17) is 0 Å². The maximum absolute atomic E-state index is 13.1. The minimum absolute atomic E-state index is 0.138. The molecule has 1 aliphatic rings. The Hall–Kier alpha value is -1.63. The van der Waals surface area contributed by atoms with E-state index in [1.54, 1.807) is 0 Å². The quantitative estimate of drug-likeness (QED) is 0.796. The Balaban J connectivity index is 1.96. The van der Waals surface area contributed by atoms with Crippen LogP contribution in [-0.4, -0.2) is 29.9 Å². The molecule has 0 radical (unpaired) electrons. The fourth-order valence-electron chi connectivity index (χ4n) is 3.17. The van der Waals surface area contributed by atoms with Crippen LogP contribution < -0.4 is 5.32 Å². The van der Waals surface area contributed by atoms with E-state index in [0.717, 1.165) is 44.4 Å². The van der Waals surface area contributed by atoms with Gasteiger partial charge in [0, 0.05) is 12.6 Å². The van der Waals surface area contributed by atoms with E-state index in [1.165, 1.54) is 0 Å². The number of carbonyl (C=O) groups excluding carboxylic acids is 1. The van der Waals surface area contributed by atoms with E-state index in [0.29, 0.717) is 12.1 Å². The molecule has 1 amide bonds. The highest BCUT2D eigenvalue weighted by Crippen LogP contribution is 2.32. The zero-order valence-corrected chi connectivity index (χ0v) is 13.6. The molecule has 0 spiro atoms. The first-order valence-corrected chi connectivity index (χ1v) is 8.17. The lowest BCUT2D eigenvalue weighted by molar-refractivity contribution is -0.138. The van der Waals surface area contributed by atoms with E-state index in [9.17, 15) is 22.4 Å². The third kappa shape index (κ3) is 4.93. The van der Waals surface area contributed by atoms with Gasteiger partial charge in [0.25, 0.3) is 0 Å². The van der Waals surface area contributed by atoms with Crippen LogP contribution in [-0.2, 0) is 17.5 Å². The van der Waals surface area contributed by atoms with Crippen LogP contribution >= 0.6 is 0 Å². The average Bonchev–Trinajstić information content (AvgIpc) is 3.04. The second-order valence-electron chi connectivity index (χ2n) is 6.08. The lowest BCUT2D eigenvalue weighted by atomic mass is 10.1. The van der Waals surface area contributed by atoms with Crippen LogP contribution in [0.2, 0.25) is 0 Å². The molecule has 134 valence electrons. The molecular weight excluding hydrogens is 324 g/mol. The first-order chi connectivity index (χ1) is 11.3. The summed E-state index contributed by atoms with van der Waals surface area (Å²) in [5.74, 6) is -1.27. The van der Waals surface area contributed by atoms with Gasteiger partial charge < -0.3 is 5.32 Å². The Morgan fingerprint density at radius 3 is 2.54 bits per heavy atom. The summed E-state index contributed by atoms with van der Waals surface area (Å²) >= 11 is 0. The number of hydrogen-bond donors (Lipinski definition) is 1. The number of likely N-dealkylation sites (N-methyl/N-ethyl adjacent to an activating group) is 1. The second-order valence-corrected chi connectivity index (χ2v) is 6.08. The summed E-state index contributed by atoms with van der Waals surface area (Å²) in [5, 5.41) is 2.52. The number of nitrogens with zero attached hydrogens (tertiary/aromatic N) is 1. The van der Waals surface area contributed by atoms with Gasteiger partial charge in [0.1, 0.15) is 5.82 Å². The topological polar surface area (TPSA) is 32.3 Å². The van der Waals surface area contributed by atoms with E-state index >= 15 is 0 Å². The van der Waals surface area contributed by atoms with E-state index < -0.39 is 17.6 Å². The number of amides is 1. The predicted octanol–water partition coefficient (Wildman–Crippen LogP) is 3.73. The van der Waals surface area contributed by atoms with Crippen molar-refractivity contribution in [2.45, 2.75) is 51.4 Å². The van der Waals surface area contributed by atoms with Crippen molar-refractivity contribution in [2.24, 2.45) is 0 Å². The molecule has 0 heterocycles. The number of halogens is 4. The highest BCUT2D eigenvalue weighted by atomic mass is 19.4. The van der Waals surface area contributed by atoms with E-state index in [2.05, 4.69) is 10.2 Å². The summed E-state index contributed by atoms with van der Waals surface area (Å²) in [4.78, 5) is 14.1. The van der Waals surface area contributed by atoms with Gasteiger partial charge in [0.05, 0.1) is 12.1 Å². The van der Waals surface area contributed by atoms with Gasteiger partial charge in [-0.2, -0.15) is 13.2 Å². The largest absolute Gasteiger partial charge is 0.416 e. The number of alkyl halides is 3. The summed E-state index contributed by atoms with van der Waals surface area (Å²) in [6.45, 7) is 2.59. The molecule has 0 saturated heterocycles. The molecule has 0 atom stereocenters. The standard InChI is InChI=1S/C17H22F4N2O/c1-2-23(14-5-3-4-6-14)11-16(24)22-10-12-7-8-13(18)9-15(12)17(19,20)21/h7-9,14H,2-6,10-11H2,1H3,(H,22,24). The minimum Gasteiger partial charge on any atom is -0.351 e. The third-order valence-electron chi connectivity index (χ3n) is 4.45.